The number of aryl methyl sites for hydroxylation is 1. The lowest BCUT2D eigenvalue weighted by Gasteiger charge is -2.21. The number of para-hydroxylation sites is 1. The molecule has 25 heavy (non-hydrogen) atoms. The Kier molecular flexibility index (Phi) is 2.74. The number of sulfone groups is 1. The Balaban J connectivity index is 1.89. The van der Waals surface area contributed by atoms with Crippen molar-refractivity contribution in [3.8, 4) is 16.8 Å². The number of imidazole rings is 1. The Hall–Kier alpha value is -2.99. The minimum absolute atomic E-state index is 0.308. The fourth-order valence-corrected chi connectivity index (χ4v) is 5.14. The Bertz CT molecular complexity index is 1260. The first-order chi connectivity index (χ1) is 12.1. The second-order valence-electron chi connectivity index (χ2n) is 6.04. The summed E-state index contributed by atoms with van der Waals surface area (Å²) in [5, 5.41) is 0. The lowest BCUT2D eigenvalue weighted by Crippen LogP contribution is -2.15. The van der Waals surface area contributed by atoms with Gasteiger partial charge in [0, 0.05) is 12.4 Å². The van der Waals surface area contributed by atoms with Crippen LogP contribution >= 0.6 is 0 Å². The van der Waals surface area contributed by atoms with E-state index in [0.717, 1.165) is 17.0 Å². The van der Waals surface area contributed by atoms with E-state index in [1.54, 1.807) is 30.6 Å². The van der Waals surface area contributed by atoms with Crippen molar-refractivity contribution in [3.05, 3.63) is 66.7 Å². The monoisotopic (exact) mass is 347 g/mol. The first-order valence-electron chi connectivity index (χ1n) is 7.85. The first-order valence-corrected chi connectivity index (χ1v) is 9.34. The van der Waals surface area contributed by atoms with Gasteiger partial charge in [0.05, 0.1) is 26.5 Å². The highest BCUT2D eigenvalue weighted by atomic mass is 32.2. The van der Waals surface area contributed by atoms with E-state index in [9.17, 15) is 8.42 Å². The molecular formula is C19H13N3O2S. The van der Waals surface area contributed by atoms with Crippen LogP contribution in [0.5, 0.6) is 0 Å². The van der Waals surface area contributed by atoms with Crippen LogP contribution in [0.1, 0.15) is 5.82 Å². The Morgan fingerprint density at radius 1 is 0.920 bits per heavy atom. The molecule has 2 aromatic heterocycles. The quantitative estimate of drug-likeness (QED) is 0.465. The van der Waals surface area contributed by atoms with Crippen molar-refractivity contribution in [1.82, 2.24) is 14.5 Å². The number of hydrogen-bond acceptors (Lipinski definition) is 4. The van der Waals surface area contributed by atoms with Crippen molar-refractivity contribution >= 4 is 20.9 Å². The largest absolute Gasteiger partial charge is 0.294 e. The van der Waals surface area contributed by atoms with E-state index in [1.165, 1.54) is 0 Å². The first kappa shape index (κ1) is 14.4. The summed E-state index contributed by atoms with van der Waals surface area (Å²) in [5.41, 5.74) is 3.78. The van der Waals surface area contributed by atoms with Gasteiger partial charge >= 0.3 is 0 Å². The molecule has 0 radical (unpaired) electrons. The molecule has 0 saturated heterocycles. The van der Waals surface area contributed by atoms with Crippen LogP contribution in [0.4, 0.5) is 0 Å². The molecule has 0 aliphatic carbocycles. The van der Waals surface area contributed by atoms with Crippen molar-refractivity contribution in [2.45, 2.75) is 16.7 Å². The van der Waals surface area contributed by atoms with Crippen molar-refractivity contribution in [3.63, 3.8) is 0 Å². The summed E-state index contributed by atoms with van der Waals surface area (Å²) in [6.45, 7) is 1.89. The molecular weight excluding hydrogens is 334 g/mol. The highest BCUT2D eigenvalue weighted by Crippen LogP contribution is 2.40. The smallest absolute Gasteiger partial charge is 0.210 e. The summed E-state index contributed by atoms with van der Waals surface area (Å²) in [4.78, 5) is 9.16. The van der Waals surface area contributed by atoms with Crippen molar-refractivity contribution in [1.29, 1.82) is 0 Å². The zero-order chi connectivity index (χ0) is 17.2. The van der Waals surface area contributed by atoms with Gasteiger partial charge in [-0.25, -0.2) is 13.4 Å². The number of nitrogens with zero attached hydrogens (tertiary/aromatic N) is 3. The SMILES string of the molecule is Cc1nc2cccc3c2n1-c1ccc(-c2ccncc2)cc1S3(=O)=O. The van der Waals surface area contributed by atoms with E-state index in [0.29, 0.717) is 26.5 Å². The average molecular weight is 347 g/mol. The second kappa shape index (κ2) is 4.77. The number of rotatable bonds is 1. The van der Waals surface area contributed by atoms with Gasteiger partial charge in [0.1, 0.15) is 5.82 Å². The molecule has 0 saturated carbocycles. The normalized spacial score (nSPS) is 14.4. The predicted octanol–water partition coefficient (Wildman–Crippen LogP) is 3.54. The fourth-order valence-electron chi connectivity index (χ4n) is 3.48. The van der Waals surface area contributed by atoms with E-state index in [2.05, 4.69) is 9.97 Å². The minimum Gasteiger partial charge on any atom is -0.294 e. The molecule has 0 atom stereocenters. The van der Waals surface area contributed by atoms with E-state index in [-0.39, 0.29) is 0 Å². The molecule has 1 aliphatic heterocycles. The number of benzene rings is 2. The van der Waals surface area contributed by atoms with Crippen LogP contribution in [0.2, 0.25) is 0 Å². The van der Waals surface area contributed by atoms with E-state index >= 15 is 0 Å². The molecule has 122 valence electrons. The Labute approximate surface area is 144 Å². The Morgan fingerprint density at radius 2 is 1.72 bits per heavy atom. The van der Waals surface area contributed by atoms with Gasteiger partial charge in [0.15, 0.2) is 0 Å². The van der Waals surface area contributed by atoms with E-state index < -0.39 is 9.84 Å². The van der Waals surface area contributed by atoms with Crippen LogP contribution < -0.4 is 0 Å². The van der Waals surface area contributed by atoms with Crippen molar-refractivity contribution in [2.24, 2.45) is 0 Å². The zero-order valence-electron chi connectivity index (χ0n) is 13.3. The van der Waals surface area contributed by atoms with Crippen LogP contribution in [-0.2, 0) is 9.84 Å². The second-order valence-corrected chi connectivity index (χ2v) is 7.93. The minimum atomic E-state index is -3.60. The molecule has 0 amide bonds. The number of pyridine rings is 1. The molecule has 0 spiro atoms. The molecule has 4 aromatic rings. The van der Waals surface area contributed by atoms with Crippen LogP contribution in [0.3, 0.4) is 0 Å². The lowest BCUT2D eigenvalue weighted by molar-refractivity contribution is 0.594. The summed E-state index contributed by atoms with van der Waals surface area (Å²) in [7, 11) is -3.60. The predicted molar refractivity (Wildman–Crippen MR) is 94.5 cm³/mol. The molecule has 0 fully saturated rings. The van der Waals surface area contributed by atoms with Gasteiger partial charge in [0.2, 0.25) is 9.84 Å². The van der Waals surface area contributed by atoms with Crippen LogP contribution in [0.25, 0.3) is 27.8 Å². The molecule has 1 aliphatic rings. The van der Waals surface area contributed by atoms with Gasteiger partial charge in [-0.2, -0.15) is 0 Å². The van der Waals surface area contributed by atoms with Gasteiger partial charge in [-0.05, 0) is 54.4 Å². The number of aromatic nitrogens is 3. The van der Waals surface area contributed by atoms with Gasteiger partial charge in [-0.3, -0.25) is 9.55 Å². The van der Waals surface area contributed by atoms with Crippen LogP contribution in [-0.4, -0.2) is 23.0 Å². The zero-order valence-corrected chi connectivity index (χ0v) is 14.2. The summed E-state index contributed by atoms with van der Waals surface area (Å²) >= 11 is 0. The molecule has 5 nitrogen and oxygen atoms in total. The summed E-state index contributed by atoms with van der Waals surface area (Å²) in [6, 6.07) is 14.5. The molecule has 6 heteroatoms. The summed E-state index contributed by atoms with van der Waals surface area (Å²) in [6.07, 6.45) is 3.39. The van der Waals surface area contributed by atoms with Gasteiger partial charge in [0.25, 0.3) is 0 Å². The maximum Gasteiger partial charge on any atom is 0.210 e. The maximum atomic E-state index is 13.2. The van der Waals surface area contributed by atoms with Gasteiger partial charge < -0.3 is 0 Å². The highest BCUT2D eigenvalue weighted by molar-refractivity contribution is 7.92. The van der Waals surface area contributed by atoms with Crippen molar-refractivity contribution in [2.75, 3.05) is 0 Å². The van der Waals surface area contributed by atoms with Crippen molar-refractivity contribution < 1.29 is 8.42 Å². The standard InChI is InChI=1S/C19H13N3O2S/c1-12-21-15-3-2-4-17-19(15)22(12)16-6-5-14(11-18(16)25(17,23)24)13-7-9-20-10-8-13/h2-11H,1H3. The molecule has 0 bridgehead atoms. The van der Waals surface area contributed by atoms with E-state index in [1.807, 2.05) is 41.8 Å². The third kappa shape index (κ3) is 1.85. The molecule has 5 rings (SSSR count). The third-order valence-corrected chi connectivity index (χ3v) is 6.42. The van der Waals surface area contributed by atoms with Crippen LogP contribution in [0, 0.1) is 6.92 Å². The molecule has 0 N–H and O–H groups in total. The molecule has 3 heterocycles. The van der Waals surface area contributed by atoms with Gasteiger partial charge in [-0.1, -0.05) is 12.1 Å². The number of fused-ring (bicyclic) bond motifs is 2. The topological polar surface area (TPSA) is 64.8 Å². The third-order valence-electron chi connectivity index (χ3n) is 4.60. The Morgan fingerprint density at radius 3 is 2.52 bits per heavy atom. The molecule has 0 unspecified atom stereocenters. The molecule has 2 aromatic carbocycles. The number of hydrogen-bond donors (Lipinski definition) is 0. The summed E-state index contributed by atoms with van der Waals surface area (Å²) < 4.78 is 28.4. The van der Waals surface area contributed by atoms with E-state index in [4.69, 9.17) is 0 Å². The van der Waals surface area contributed by atoms with Gasteiger partial charge in [-0.15, -0.1) is 0 Å². The lowest BCUT2D eigenvalue weighted by atomic mass is 10.1. The fraction of sp³-hybridized carbons (Fsp3) is 0.0526. The van der Waals surface area contributed by atoms with Crippen LogP contribution in [0.15, 0.2) is 70.7 Å². The highest BCUT2D eigenvalue weighted by Gasteiger charge is 2.32. The average Bonchev–Trinajstić information content (AvgIpc) is 2.97. The summed E-state index contributed by atoms with van der Waals surface area (Å²) in [5.74, 6) is 0.773. The maximum absolute atomic E-state index is 13.2.